The Hall–Kier alpha value is -4.21. The summed E-state index contributed by atoms with van der Waals surface area (Å²) in [5.74, 6) is -1.73. The lowest BCUT2D eigenvalue weighted by molar-refractivity contribution is -0.189. The third kappa shape index (κ3) is 7.35. The molecular formula is C39H48N6O7S. The molecule has 0 aliphatic carbocycles. The summed E-state index contributed by atoms with van der Waals surface area (Å²) in [5, 5.41) is 19.4. The van der Waals surface area contributed by atoms with E-state index in [1.165, 1.54) is 16.3 Å². The maximum absolute atomic E-state index is 14.1. The molecule has 6 bridgehead atoms. The molecule has 3 aromatic heterocycles. The molecule has 2 fully saturated rings. The van der Waals surface area contributed by atoms with Crippen molar-refractivity contribution in [2.45, 2.75) is 96.7 Å². The minimum atomic E-state index is -2.13. The number of nitrogens with one attached hydrogen (secondary N) is 2. The second kappa shape index (κ2) is 14.9. The fourth-order valence-electron chi connectivity index (χ4n) is 7.65. The van der Waals surface area contributed by atoms with Crippen LogP contribution < -0.4 is 10.7 Å². The molecule has 1 aromatic carbocycles. The fourth-order valence-corrected chi connectivity index (χ4v) is 8.50. The number of thiazole rings is 1. The van der Waals surface area contributed by atoms with Crippen molar-refractivity contribution in [2.24, 2.45) is 5.41 Å². The number of esters is 1. The monoisotopic (exact) mass is 744 g/mol. The van der Waals surface area contributed by atoms with Gasteiger partial charge in [0.2, 0.25) is 11.6 Å². The smallest absolute Gasteiger partial charge is 0.355 e. The lowest BCUT2D eigenvalue weighted by Crippen LogP contribution is -2.67. The standard InChI is InChI=1S/C39H48N6O7S/c1-6-44-30-13-12-24-18-26(30)27(34(44)25-10-7-15-40-33(25)23(2)50-5)20-38(3,4)22-52-37(48)39(49)14-9-16-45(43-39)36(47)28(19-32-41-29(24)21-53-32)42-35(46)31-11-8-17-51-31/h7,10,12-13,15,18,21,23,28,31,43,49H,6,8-9,11,14,16-17,19-20,22H2,1-5H3,(H,42,46)/t23-,28-,31-,39-/m0/s1. The van der Waals surface area contributed by atoms with Crippen LogP contribution in [0.25, 0.3) is 33.4 Å². The Morgan fingerprint density at radius 1 is 1.25 bits per heavy atom. The van der Waals surface area contributed by atoms with Crippen LogP contribution in [-0.2, 0) is 48.0 Å². The van der Waals surface area contributed by atoms with Crippen molar-refractivity contribution < 1.29 is 33.7 Å². The van der Waals surface area contributed by atoms with Crippen LogP contribution in [0.5, 0.6) is 0 Å². The number of cyclic esters (lactones) is 1. The Kier molecular flexibility index (Phi) is 10.4. The normalized spacial score (nSPS) is 24.2. The van der Waals surface area contributed by atoms with E-state index in [0.717, 1.165) is 51.1 Å². The van der Waals surface area contributed by atoms with Crippen LogP contribution in [0, 0.1) is 5.41 Å². The second-order valence-corrected chi connectivity index (χ2v) is 15.9. The van der Waals surface area contributed by atoms with E-state index in [9.17, 15) is 19.5 Å². The van der Waals surface area contributed by atoms with Crippen LogP contribution >= 0.6 is 11.3 Å². The quantitative estimate of drug-likeness (QED) is 0.237. The predicted octanol–water partition coefficient (Wildman–Crippen LogP) is 4.70. The number of fused-ring (bicyclic) bond motifs is 6. The summed E-state index contributed by atoms with van der Waals surface area (Å²) in [4.78, 5) is 50.8. The first-order chi connectivity index (χ1) is 25.4. The summed E-state index contributed by atoms with van der Waals surface area (Å²) in [6.07, 6.45) is 3.25. The molecular weight excluding hydrogens is 697 g/mol. The summed E-state index contributed by atoms with van der Waals surface area (Å²) < 4.78 is 19.6. The number of rotatable bonds is 6. The first-order valence-corrected chi connectivity index (χ1v) is 19.3. The Balaban J connectivity index is 1.36. The molecule has 13 nitrogen and oxygen atoms in total. The van der Waals surface area contributed by atoms with Crippen molar-refractivity contribution in [1.29, 1.82) is 0 Å². The van der Waals surface area contributed by atoms with Crippen LogP contribution in [-0.4, -0.2) is 87.2 Å². The molecule has 14 heteroatoms. The van der Waals surface area contributed by atoms with Gasteiger partial charge in [-0.2, -0.15) is 5.43 Å². The molecule has 6 heterocycles. The van der Waals surface area contributed by atoms with E-state index in [2.05, 4.69) is 46.5 Å². The zero-order valence-corrected chi connectivity index (χ0v) is 31.8. The first kappa shape index (κ1) is 37.1. The molecule has 3 aliphatic heterocycles. The van der Waals surface area contributed by atoms with E-state index in [4.69, 9.17) is 24.2 Å². The molecule has 2 saturated heterocycles. The van der Waals surface area contributed by atoms with Crippen molar-refractivity contribution in [2.75, 3.05) is 26.9 Å². The number of benzene rings is 1. The number of aliphatic hydroxyl groups is 1. The molecule has 0 saturated carbocycles. The number of ether oxygens (including phenoxy) is 3. The molecule has 4 atom stereocenters. The number of carbonyl (C=O) groups is 3. The zero-order valence-electron chi connectivity index (χ0n) is 30.9. The molecule has 0 spiro atoms. The van der Waals surface area contributed by atoms with E-state index in [1.54, 1.807) is 13.3 Å². The average Bonchev–Trinajstić information content (AvgIpc) is 3.93. The maximum Gasteiger partial charge on any atom is 0.355 e. The van der Waals surface area contributed by atoms with Gasteiger partial charge in [-0.15, -0.1) is 11.3 Å². The number of pyridine rings is 1. The first-order valence-electron chi connectivity index (χ1n) is 18.4. The van der Waals surface area contributed by atoms with Crippen molar-refractivity contribution >= 4 is 40.0 Å². The Labute approximate surface area is 313 Å². The van der Waals surface area contributed by atoms with Gasteiger partial charge >= 0.3 is 5.97 Å². The van der Waals surface area contributed by atoms with E-state index in [0.29, 0.717) is 37.4 Å². The van der Waals surface area contributed by atoms with Gasteiger partial charge in [0, 0.05) is 78.7 Å². The van der Waals surface area contributed by atoms with Gasteiger partial charge in [-0.3, -0.25) is 19.6 Å². The fraction of sp³-hybridized carbons (Fsp3) is 0.513. The highest BCUT2D eigenvalue weighted by Crippen LogP contribution is 2.42. The van der Waals surface area contributed by atoms with E-state index >= 15 is 0 Å². The SMILES string of the molecule is CCn1c(-c2cccnc2[C@H](C)OC)c2c3cc(ccc31)-c1csc(n1)C[C@H](NC(=O)[C@@H]1CCCO1)C(=O)N1CCC[C@@](O)(N1)C(=O)OCC(C)(C)C2. The summed E-state index contributed by atoms with van der Waals surface area (Å²) in [7, 11) is 1.68. The Morgan fingerprint density at radius 2 is 2.08 bits per heavy atom. The van der Waals surface area contributed by atoms with E-state index in [1.807, 2.05) is 32.2 Å². The van der Waals surface area contributed by atoms with E-state index in [-0.39, 0.29) is 38.0 Å². The molecule has 0 unspecified atom stereocenters. The molecule has 4 aromatic rings. The molecule has 53 heavy (non-hydrogen) atoms. The van der Waals surface area contributed by atoms with Crippen molar-refractivity contribution in [3.05, 3.63) is 58.2 Å². The topological polar surface area (TPSA) is 157 Å². The van der Waals surface area contributed by atoms with Crippen LogP contribution in [0.15, 0.2) is 41.9 Å². The number of methoxy groups -OCH3 is 1. The summed E-state index contributed by atoms with van der Waals surface area (Å²) in [5.41, 5.74) is 6.64. The highest BCUT2D eigenvalue weighted by molar-refractivity contribution is 7.10. The van der Waals surface area contributed by atoms with Crippen molar-refractivity contribution in [1.82, 2.24) is 30.3 Å². The third-order valence-electron chi connectivity index (χ3n) is 10.5. The van der Waals surface area contributed by atoms with Gasteiger partial charge in [-0.1, -0.05) is 19.9 Å². The predicted molar refractivity (Wildman–Crippen MR) is 199 cm³/mol. The highest BCUT2D eigenvalue weighted by atomic mass is 32.1. The van der Waals surface area contributed by atoms with Crippen molar-refractivity contribution in [3.8, 4) is 22.5 Å². The molecule has 7 rings (SSSR count). The van der Waals surface area contributed by atoms with Gasteiger partial charge in [0.25, 0.3) is 5.91 Å². The number of hydrogen-bond acceptors (Lipinski definition) is 11. The number of aryl methyl sites for hydroxylation is 1. The number of hydrogen-bond donors (Lipinski definition) is 3. The van der Waals surface area contributed by atoms with Crippen LogP contribution in [0.3, 0.4) is 0 Å². The average molecular weight is 745 g/mol. The minimum absolute atomic E-state index is 0.00554. The van der Waals surface area contributed by atoms with Crippen LogP contribution in [0.4, 0.5) is 0 Å². The minimum Gasteiger partial charge on any atom is -0.462 e. The van der Waals surface area contributed by atoms with Crippen LogP contribution in [0.1, 0.15) is 75.7 Å². The van der Waals surface area contributed by atoms with E-state index < -0.39 is 35.2 Å². The molecule has 282 valence electrons. The lowest BCUT2D eigenvalue weighted by Gasteiger charge is -2.40. The number of hydrazine groups is 1. The Bertz CT molecular complexity index is 2020. The van der Waals surface area contributed by atoms with Gasteiger partial charge in [0.05, 0.1) is 34.8 Å². The van der Waals surface area contributed by atoms with Gasteiger partial charge in [0.1, 0.15) is 12.1 Å². The molecule has 3 aliphatic rings. The van der Waals surface area contributed by atoms with Gasteiger partial charge < -0.3 is 29.2 Å². The largest absolute Gasteiger partial charge is 0.462 e. The summed E-state index contributed by atoms with van der Waals surface area (Å²) in [6.45, 7) is 9.58. The Morgan fingerprint density at radius 3 is 2.83 bits per heavy atom. The molecule has 3 N–H and O–H groups in total. The third-order valence-corrected chi connectivity index (χ3v) is 11.3. The van der Waals surface area contributed by atoms with Gasteiger partial charge in [-0.25, -0.2) is 9.78 Å². The second-order valence-electron chi connectivity index (χ2n) is 15.0. The number of amides is 2. The number of aromatic nitrogens is 3. The number of carbonyl (C=O) groups excluding carboxylic acids is 3. The number of nitrogens with zero attached hydrogens (tertiary/aromatic N) is 4. The maximum atomic E-state index is 14.1. The molecule has 0 radical (unpaired) electrons. The van der Waals surface area contributed by atoms with Gasteiger partial charge in [0.15, 0.2) is 0 Å². The highest BCUT2D eigenvalue weighted by Gasteiger charge is 2.45. The summed E-state index contributed by atoms with van der Waals surface area (Å²) >= 11 is 1.41. The molecule has 2 amide bonds. The van der Waals surface area contributed by atoms with Crippen LogP contribution in [0.2, 0.25) is 0 Å². The zero-order chi connectivity index (χ0) is 37.5. The van der Waals surface area contributed by atoms with Gasteiger partial charge in [-0.05, 0) is 69.4 Å². The lowest BCUT2D eigenvalue weighted by atomic mass is 9.84. The summed E-state index contributed by atoms with van der Waals surface area (Å²) in [6, 6.07) is 9.33. The van der Waals surface area contributed by atoms with Crippen molar-refractivity contribution in [3.63, 3.8) is 0 Å².